The van der Waals surface area contributed by atoms with Gasteiger partial charge in [-0.1, -0.05) is 55.5 Å². The number of carbonyl (C=O) groups is 2. The van der Waals surface area contributed by atoms with Gasteiger partial charge in [0, 0.05) is 10.3 Å². The summed E-state index contributed by atoms with van der Waals surface area (Å²) in [6.45, 7) is 1.98. The van der Waals surface area contributed by atoms with Gasteiger partial charge in [0.2, 0.25) is 5.91 Å². The highest BCUT2D eigenvalue weighted by atomic mass is 35.5. The van der Waals surface area contributed by atoms with Gasteiger partial charge in [0.05, 0.1) is 17.1 Å². The quantitative estimate of drug-likeness (QED) is 0.464. The molecule has 0 aliphatic heterocycles. The lowest BCUT2D eigenvalue weighted by atomic mass is 9.75. The number of halogens is 2. The van der Waals surface area contributed by atoms with E-state index in [1.54, 1.807) is 12.1 Å². The first-order valence-electron chi connectivity index (χ1n) is 8.91. The van der Waals surface area contributed by atoms with Gasteiger partial charge in [0.1, 0.15) is 5.02 Å². The molecule has 1 aromatic carbocycles. The maximum atomic E-state index is 12.7. The molecule has 1 aliphatic rings. The summed E-state index contributed by atoms with van der Waals surface area (Å²) in [5.74, 6) is -0.283. The number of thiophene rings is 1. The van der Waals surface area contributed by atoms with Crippen LogP contribution in [-0.4, -0.2) is 11.9 Å². The van der Waals surface area contributed by atoms with Gasteiger partial charge >= 0.3 is 5.97 Å². The Kier molecular flexibility index (Phi) is 6.45. The zero-order valence-electron chi connectivity index (χ0n) is 15.0. The Balaban J connectivity index is 1.69. The van der Waals surface area contributed by atoms with E-state index in [2.05, 4.69) is 5.32 Å². The fraction of sp³-hybridized carbons (Fsp3) is 0.400. The lowest BCUT2D eigenvalue weighted by molar-refractivity contribution is -0.133. The number of hydrogen-bond acceptors (Lipinski definition) is 4. The summed E-state index contributed by atoms with van der Waals surface area (Å²) in [4.78, 5) is 25.7. The normalized spacial score (nSPS) is 16.0. The summed E-state index contributed by atoms with van der Waals surface area (Å²) in [5, 5.41) is 5.07. The molecule has 0 saturated heterocycles. The fourth-order valence-corrected chi connectivity index (χ4v) is 4.35. The van der Waals surface area contributed by atoms with Crippen molar-refractivity contribution in [3.63, 3.8) is 0 Å². The van der Waals surface area contributed by atoms with Crippen molar-refractivity contribution in [3.05, 3.63) is 44.6 Å². The molecule has 1 amide bonds. The largest absolute Gasteiger partial charge is 0.425 e. The molecule has 3 rings (SSSR count). The number of carbonyl (C=O) groups excluding carboxylic acids is 2. The molecule has 144 valence electrons. The molecule has 1 aliphatic carbocycles. The Hall–Kier alpha value is -1.56. The van der Waals surface area contributed by atoms with Crippen molar-refractivity contribution in [3.8, 4) is 5.75 Å². The van der Waals surface area contributed by atoms with Crippen molar-refractivity contribution < 1.29 is 14.3 Å². The van der Waals surface area contributed by atoms with Crippen LogP contribution in [0, 0.1) is 5.41 Å². The average molecular weight is 426 g/mol. The molecule has 7 heteroatoms. The van der Waals surface area contributed by atoms with Crippen molar-refractivity contribution in [2.75, 3.05) is 5.32 Å². The Labute approximate surface area is 172 Å². The van der Waals surface area contributed by atoms with Gasteiger partial charge in [0.15, 0.2) is 5.75 Å². The monoisotopic (exact) mass is 425 g/mol. The van der Waals surface area contributed by atoms with E-state index in [1.165, 1.54) is 17.8 Å². The number of anilines is 1. The summed E-state index contributed by atoms with van der Waals surface area (Å²) in [5.41, 5.74) is 0.0383. The second-order valence-electron chi connectivity index (χ2n) is 7.04. The molecule has 0 bridgehead atoms. The Morgan fingerprint density at radius 2 is 1.89 bits per heavy atom. The number of nitrogens with one attached hydrogen (secondary N) is 1. The highest BCUT2D eigenvalue weighted by Crippen LogP contribution is 2.40. The molecule has 27 heavy (non-hydrogen) atoms. The molecule has 1 heterocycles. The summed E-state index contributed by atoms with van der Waals surface area (Å²) >= 11 is 14.1. The molecule has 0 unspecified atom stereocenters. The highest BCUT2D eigenvalue weighted by molar-refractivity contribution is 7.10. The molecule has 1 N–H and O–H groups in total. The number of benzene rings is 1. The molecule has 1 saturated carbocycles. The van der Waals surface area contributed by atoms with E-state index in [0.717, 1.165) is 30.6 Å². The summed E-state index contributed by atoms with van der Waals surface area (Å²) < 4.78 is 5.33. The topological polar surface area (TPSA) is 55.4 Å². The summed E-state index contributed by atoms with van der Waals surface area (Å²) in [6.07, 6.45) is 5.17. The SMILES string of the molecule is CC1(C(=O)Nc2ccc(OC(=O)Cc3cccs3)c(Cl)c2Cl)CCCCC1. The fourth-order valence-electron chi connectivity index (χ4n) is 3.25. The van der Waals surface area contributed by atoms with Crippen molar-refractivity contribution in [2.45, 2.75) is 45.4 Å². The zero-order valence-corrected chi connectivity index (χ0v) is 17.3. The van der Waals surface area contributed by atoms with Gasteiger partial charge < -0.3 is 10.1 Å². The molecule has 4 nitrogen and oxygen atoms in total. The first-order valence-corrected chi connectivity index (χ1v) is 10.6. The van der Waals surface area contributed by atoms with Gasteiger partial charge in [-0.15, -0.1) is 11.3 Å². The highest BCUT2D eigenvalue weighted by Gasteiger charge is 2.35. The minimum atomic E-state index is -0.415. The van der Waals surface area contributed by atoms with Crippen LogP contribution in [0.3, 0.4) is 0 Å². The van der Waals surface area contributed by atoms with Crippen molar-refractivity contribution >= 4 is 52.1 Å². The number of amides is 1. The molecule has 1 aromatic heterocycles. The van der Waals surface area contributed by atoms with Crippen LogP contribution in [0.4, 0.5) is 5.69 Å². The first kappa shape index (κ1) is 20.2. The van der Waals surface area contributed by atoms with E-state index in [4.69, 9.17) is 27.9 Å². The summed E-state index contributed by atoms with van der Waals surface area (Å²) in [6, 6.07) is 6.91. The second kappa shape index (κ2) is 8.63. The van der Waals surface area contributed by atoms with E-state index in [1.807, 2.05) is 24.4 Å². The van der Waals surface area contributed by atoms with Crippen LogP contribution in [0.1, 0.15) is 43.9 Å². The lowest BCUT2D eigenvalue weighted by Gasteiger charge is -2.32. The van der Waals surface area contributed by atoms with E-state index in [-0.39, 0.29) is 33.5 Å². The van der Waals surface area contributed by atoms with Gasteiger partial charge in [-0.25, -0.2) is 0 Å². The number of ether oxygens (including phenoxy) is 1. The van der Waals surface area contributed by atoms with Crippen LogP contribution in [0.25, 0.3) is 0 Å². The minimum absolute atomic E-state index is 0.0531. The third-order valence-corrected chi connectivity index (χ3v) is 6.66. The Bertz CT molecular complexity index is 830. The molecular formula is C20H21Cl2NO3S. The van der Waals surface area contributed by atoms with Crippen LogP contribution < -0.4 is 10.1 Å². The standard InChI is InChI=1S/C20H21Cl2NO3S/c1-20(9-3-2-4-10-20)19(25)23-14-7-8-15(18(22)17(14)21)26-16(24)12-13-6-5-11-27-13/h5-8,11H,2-4,9-10,12H2,1H3,(H,23,25). The lowest BCUT2D eigenvalue weighted by Crippen LogP contribution is -2.35. The van der Waals surface area contributed by atoms with E-state index < -0.39 is 5.97 Å². The van der Waals surface area contributed by atoms with Gasteiger partial charge in [0.25, 0.3) is 0 Å². The van der Waals surface area contributed by atoms with Crippen LogP contribution in [0.2, 0.25) is 10.0 Å². The maximum Gasteiger partial charge on any atom is 0.316 e. The van der Waals surface area contributed by atoms with E-state index in [0.29, 0.717) is 5.69 Å². The van der Waals surface area contributed by atoms with Crippen LogP contribution in [0.15, 0.2) is 29.6 Å². The molecular weight excluding hydrogens is 405 g/mol. The Morgan fingerprint density at radius 1 is 1.15 bits per heavy atom. The number of esters is 1. The van der Waals surface area contributed by atoms with Crippen LogP contribution in [0.5, 0.6) is 5.75 Å². The number of rotatable bonds is 5. The van der Waals surface area contributed by atoms with Crippen LogP contribution >= 0.6 is 34.5 Å². The molecule has 1 fully saturated rings. The van der Waals surface area contributed by atoms with Crippen molar-refractivity contribution in [1.29, 1.82) is 0 Å². The predicted octanol–water partition coefficient (Wildman–Crippen LogP) is 6.11. The predicted molar refractivity (Wildman–Crippen MR) is 110 cm³/mol. The summed E-state index contributed by atoms with van der Waals surface area (Å²) in [7, 11) is 0. The molecule has 0 atom stereocenters. The first-order chi connectivity index (χ1) is 12.9. The minimum Gasteiger partial charge on any atom is -0.425 e. The molecule has 2 aromatic rings. The van der Waals surface area contributed by atoms with Crippen LogP contribution in [-0.2, 0) is 16.0 Å². The van der Waals surface area contributed by atoms with Crippen molar-refractivity contribution in [1.82, 2.24) is 0 Å². The zero-order chi connectivity index (χ0) is 19.4. The second-order valence-corrected chi connectivity index (χ2v) is 8.83. The maximum absolute atomic E-state index is 12.7. The third-order valence-electron chi connectivity index (χ3n) is 4.92. The van der Waals surface area contributed by atoms with Crippen molar-refractivity contribution in [2.24, 2.45) is 5.41 Å². The average Bonchev–Trinajstić information content (AvgIpc) is 3.15. The van der Waals surface area contributed by atoms with Gasteiger partial charge in [-0.05, 0) is 36.4 Å². The van der Waals surface area contributed by atoms with E-state index >= 15 is 0 Å². The van der Waals surface area contributed by atoms with Gasteiger partial charge in [-0.2, -0.15) is 0 Å². The third kappa shape index (κ3) is 4.84. The number of hydrogen-bond donors (Lipinski definition) is 1. The molecule has 0 spiro atoms. The van der Waals surface area contributed by atoms with Gasteiger partial charge in [-0.3, -0.25) is 9.59 Å². The Morgan fingerprint density at radius 3 is 2.56 bits per heavy atom. The molecule has 0 radical (unpaired) electrons. The smallest absolute Gasteiger partial charge is 0.316 e. The van der Waals surface area contributed by atoms with E-state index in [9.17, 15) is 9.59 Å².